The highest BCUT2D eigenvalue weighted by molar-refractivity contribution is 7.89. The molecule has 1 aliphatic heterocycles. The van der Waals surface area contributed by atoms with Crippen molar-refractivity contribution in [3.8, 4) is 11.1 Å². The van der Waals surface area contributed by atoms with Crippen LogP contribution in [-0.4, -0.2) is 45.8 Å². The number of hydrogen-bond acceptors (Lipinski definition) is 4. The molecular formula is C22H22FN5O2S. The van der Waals surface area contributed by atoms with Crippen molar-refractivity contribution >= 4 is 20.9 Å². The molecule has 0 aliphatic carbocycles. The smallest absolute Gasteiger partial charge is 0.243 e. The van der Waals surface area contributed by atoms with Crippen molar-refractivity contribution < 1.29 is 12.8 Å². The van der Waals surface area contributed by atoms with E-state index in [1.54, 1.807) is 6.20 Å². The molecule has 0 saturated carbocycles. The van der Waals surface area contributed by atoms with Crippen LogP contribution in [0.2, 0.25) is 0 Å². The van der Waals surface area contributed by atoms with Gasteiger partial charge in [0.25, 0.3) is 0 Å². The van der Waals surface area contributed by atoms with Crippen molar-refractivity contribution in [1.82, 2.24) is 24.3 Å². The summed E-state index contributed by atoms with van der Waals surface area (Å²) in [6, 6.07) is 11.4. The Morgan fingerprint density at radius 1 is 1.06 bits per heavy atom. The number of H-pyrrole nitrogens is 1. The van der Waals surface area contributed by atoms with Gasteiger partial charge in [0.05, 0.1) is 22.8 Å². The molecule has 5 rings (SSSR count). The molecule has 2 aromatic heterocycles. The summed E-state index contributed by atoms with van der Waals surface area (Å²) in [4.78, 5) is 0.0115. The highest BCUT2D eigenvalue weighted by atomic mass is 32.2. The highest BCUT2D eigenvalue weighted by Gasteiger charge is 2.30. The third kappa shape index (κ3) is 3.86. The summed E-state index contributed by atoms with van der Waals surface area (Å²) in [5.41, 5.74) is 3.17. The van der Waals surface area contributed by atoms with E-state index in [0.29, 0.717) is 19.0 Å². The van der Waals surface area contributed by atoms with E-state index in [2.05, 4.69) is 33.5 Å². The Bertz CT molecular complexity index is 1310. The minimum atomic E-state index is -3.67. The summed E-state index contributed by atoms with van der Waals surface area (Å²) in [5, 5.41) is 12.4. The zero-order chi connectivity index (χ0) is 21.4. The quantitative estimate of drug-likeness (QED) is 0.514. The van der Waals surface area contributed by atoms with Crippen LogP contribution in [0.15, 0.2) is 66.0 Å². The topological polar surface area (TPSA) is 83.9 Å². The number of piperidine rings is 1. The molecule has 0 bridgehead atoms. The zero-order valence-electron chi connectivity index (χ0n) is 16.8. The number of nitrogens with one attached hydrogen (secondary N) is 1. The van der Waals surface area contributed by atoms with Gasteiger partial charge in [-0.15, -0.1) is 0 Å². The van der Waals surface area contributed by atoms with Gasteiger partial charge in [-0.3, -0.25) is 9.78 Å². The van der Waals surface area contributed by atoms with Crippen LogP contribution < -0.4 is 0 Å². The van der Waals surface area contributed by atoms with Gasteiger partial charge in [-0.25, -0.2) is 12.8 Å². The molecule has 1 fully saturated rings. The van der Waals surface area contributed by atoms with Crippen LogP contribution in [0.1, 0.15) is 12.8 Å². The number of aromatic amines is 1. The minimum Gasteiger partial charge on any atom is -0.285 e. The lowest BCUT2D eigenvalue weighted by molar-refractivity contribution is 0.249. The van der Waals surface area contributed by atoms with Crippen LogP contribution in [0.3, 0.4) is 0 Å². The van der Waals surface area contributed by atoms with E-state index in [4.69, 9.17) is 0 Å². The van der Waals surface area contributed by atoms with Gasteiger partial charge in [0.2, 0.25) is 10.0 Å². The number of aromatic nitrogens is 4. The molecule has 0 radical (unpaired) electrons. The van der Waals surface area contributed by atoms with E-state index in [9.17, 15) is 12.8 Å². The Kier molecular flexibility index (Phi) is 5.07. The van der Waals surface area contributed by atoms with Crippen molar-refractivity contribution in [2.75, 3.05) is 13.1 Å². The number of rotatable bonds is 5. The molecule has 0 spiro atoms. The normalized spacial score (nSPS) is 16.2. The van der Waals surface area contributed by atoms with Gasteiger partial charge < -0.3 is 0 Å². The lowest BCUT2D eigenvalue weighted by Gasteiger charge is -2.31. The van der Waals surface area contributed by atoms with Crippen LogP contribution in [-0.2, 0) is 16.6 Å². The molecule has 2 aromatic carbocycles. The van der Waals surface area contributed by atoms with Gasteiger partial charge in [-0.2, -0.15) is 14.5 Å². The van der Waals surface area contributed by atoms with Crippen LogP contribution in [0.5, 0.6) is 0 Å². The first-order valence-corrected chi connectivity index (χ1v) is 11.7. The fourth-order valence-corrected chi connectivity index (χ4v) is 5.68. The number of sulfonamides is 1. The SMILES string of the molecule is O=S(=O)(c1cccc(F)c1)N1CCC(Cn2ncc3cc(-c4cn[nH]c4)ccc32)CC1. The number of fused-ring (bicyclic) bond motifs is 1. The Labute approximate surface area is 179 Å². The Hall–Kier alpha value is -3.04. The predicted molar refractivity (Wildman–Crippen MR) is 115 cm³/mol. The summed E-state index contributed by atoms with van der Waals surface area (Å²) < 4.78 is 42.5. The number of hydrogen-bond donors (Lipinski definition) is 1. The molecule has 4 aromatic rings. The average molecular weight is 440 g/mol. The third-order valence-corrected chi connectivity index (χ3v) is 7.81. The van der Waals surface area contributed by atoms with Gasteiger partial charge >= 0.3 is 0 Å². The van der Waals surface area contributed by atoms with E-state index in [1.165, 1.54) is 22.5 Å². The first kappa shape index (κ1) is 19.9. The van der Waals surface area contributed by atoms with Gasteiger partial charge in [0.15, 0.2) is 0 Å². The first-order valence-electron chi connectivity index (χ1n) is 10.2. The molecule has 0 atom stereocenters. The van der Waals surface area contributed by atoms with E-state index < -0.39 is 15.8 Å². The largest absolute Gasteiger partial charge is 0.285 e. The standard InChI is InChI=1S/C22H22FN5O2S/c23-20-2-1-3-21(11-20)31(29,30)27-8-6-16(7-9-27)15-28-22-5-4-17(10-18(22)14-26-28)19-12-24-25-13-19/h1-5,10-14,16H,6-9,15H2,(H,24,25). The van der Waals surface area contributed by atoms with Gasteiger partial charge in [-0.1, -0.05) is 12.1 Å². The second kappa shape index (κ2) is 7.90. The van der Waals surface area contributed by atoms with E-state index in [-0.39, 0.29) is 4.90 Å². The predicted octanol–water partition coefficient (Wildman–Crippen LogP) is 3.67. The maximum atomic E-state index is 13.5. The summed E-state index contributed by atoms with van der Waals surface area (Å²) in [5.74, 6) is -0.215. The van der Waals surface area contributed by atoms with Crippen LogP contribution >= 0.6 is 0 Å². The summed E-state index contributed by atoms with van der Waals surface area (Å²) in [6.07, 6.45) is 6.99. The second-order valence-corrected chi connectivity index (χ2v) is 9.83. The zero-order valence-corrected chi connectivity index (χ0v) is 17.6. The van der Waals surface area contributed by atoms with Crippen LogP contribution in [0.25, 0.3) is 22.0 Å². The fourth-order valence-electron chi connectivity index (χ4n) is 4.17. The first-order chi connectivity index (χ1) is 15.0. The van der Waals surface area contributed by atoms with Gasteiger partial charge in [-0.05, 0) is 54.7 Å². The Morgan fingerprint density at radius 2 is 1.90 bits per heavy atom. The lowest BCUT2D eigenvalue weighted by atomic mass is 9.98. The summed E-state index contributed by atoms with van der Waals surface area (Å²) in [7, 11) is -3.67. The maximum Gasteiger partial charge on any atom is 0.243 e. The molecule has 1 N–H and O–H groups in total. The molecule has 0 unspecified atom stereocenters. The van der Waals surface area contributed by atoms with Crippen molar-refractivity contribution in [2.45, 2.75) is 24.3 Å². The van der Waals surface area contributed by atoms with Gasteiger partial charge in [0.1, 0.15) is 5.82 Å². The average Bonchev–Trinajstić information content (AvgIpc) is 3.44. The molecule has 1 saturated heterocycles. The molecular weight excluding hydrogens is 417 g/mol. The fraction of sp³-hybridized carbons (Fsp3) is 0.273. The summed E-state index contributed by atoms with van der Waals surface area (Å²) in [6.45, 7) is 1.59. The number of benzene rings is 2. The van der Waals surface area contributed by atoms with Crippen LogP contribution in [0.4, 0.5) is 4.39 Å². The van der Waals surface area contributed by atoms with Crippen molar-refractivity contribution in [2.24, 2.45) is 5.92 Å². The molecule has 1 aliphatic rings. The maximum absolute atomic E-state index is 13.5. The van der Waals surface area contributed by atoms with Crippen molar-refractivity contribution in [3.63, 3.8) is 0 Å². The van der Waals surface area contributed by atoms with Crippen molar-refractivity contribution in [1.29, 1.82) is 0 Å². The molecule has 0 amide bonds. The highest BCUT2D eigenvalue weighted by Crippen LogP contribution is 2.28. The molecule has 9 heteroatoms. The number of halogens is 1. The Balaban J connectivity index is 1.27. The molecule has 31 heavy (non-hydrogen) atoms. The molecule has 3 heterocycles. The van der Waals surface area contributed by atoms with E-state index >= 15 is 0 Å². The Morgan fingerprint density at radius 3 is 2.65 bits per heavy atom. The molecule has 7 nitrogen and oxygen atoms in total. The monoisotopic (exact) mass is 439 g/mol. The lowest BCUT2D eigenvalue weighted by Crippen LogP contribution is -2.39. The van der Waals surface area contributed by atoms with Gasteiger partial charge in [0, 0.05) is 36.8 Å². The minimum absolute atomic E-state index is 0.0115. The molecule has 160 valence electrons. The third-order valence-electron chi connectivity index (χ3n) is 5.91. The van der Waals surface area contributed by atoms with E-state index in [1.807, 2.05) is 17.1 Å². The summed E-state index contributed by atoms with van der Waals surface area (Å²) >= 11 is 0. The number of nitrogens with zero attached hydrogens (tertiary/aromatic N) is 4. The van der Waals surface area contributed by atoms with Crippen LogP contribution in [0, 0.1) is 11.7 Å². The van der Waals surface area contributed by atoms with E-state index in [0.717, 1.165) is 47.5 Å². The second-order valence-electron chi connectivity index (χ2n) is 7.89. The van der Waals surface area contributed by atoms with Crippen molar-refractivity contribution in [3.05, 3.63) is 66.9 Å².